The molecule has 7 heteroatoms. The van der Waals surface area contributed by atoms with Crippen LogP contribution in [0.5, 0.6) is 0 Å². The van der Waals surface area contributed by atoms with Crippen LogP contribution in [-0.2, 0) is 17.8 Å². The van der Waals surface area contributed by atoms with Crippen molar-refractivity contribution < 1.29 is 4.79 Å². The number of nitrogens with zero attached hydrogens (tertiary/aromatic N) is 3. The number of aryl methyl sites for hydroxylation is 1. The van der Waals surface area contributed by atoms with Crippen molar-refractivity contribution in [2.24, 2.45) is 0 Å². The van der Waals surface area contributed by atoms with Gasteiger partial charge in [0, 0.05) is 29.4 Å². The number of aromatic nitrogens is 3. The van der Waals surface area contributed by atoms with Gasteiger partial charge in [0.15, 0.2) is 16.7 Å². The molecule has 0 saturated carbocycles. The van der Waals surface area contributed by atoms with Gasteiger partial charge in [-0.2, -0.15) is 5.26 Å². The first-order valence-electron chi connectivity index (χ1n) is 7.66. The molecule has 1 aliphatic heterocycles. The molecule has 0 fully saturated rings. The minimum atomic E-state index is -0.169. The maximum absolute atomic E-state index is 12.4. The summed E-state index contributed by atoms with van der Waals surface area (Å²) < 4.78 is 1.86. The van der Waals surface area contributed by atoms with Gasteiger partial charge in [0.25, 0.3) is 0 Å². The van der Waals surface area contributed by atoms with Crippen LogP contribution in [0.4, 0.5) is 5.82 Å². The van der Waals surface area contributed by atoms with E-state index in [2.05, 4.69) is 21.4 Å². The van der Waals surface area contributed by atoms with E-state index in [0.29, 0.717) is 11.5 Å². The monoisotopic (exact) mass is 337 g/mol. The Kier molecular flexibility index (Phi) is 3.54. The highest BCUT2D eigenvalue weighted by atomic mass is 32.2. The van der Waals surface area contributed by atoms with E-state index in [1.54, 1.807) is 11.8 Å². The van der Waals surface area contributed by atoms with E-state index in [4.69, 9.17) is 0 Å². The number of aromatic amines is 1. The van der Waals surface area contributed by atoms with E-state index in [0.717, 1.165) is 39.5 Å². The van der Waals surface area contributed by atoms with Gasteiger partial charge in [-0.15, -0.1) is 0 Å². The van der Waals surface area contributed by atoms with Gasteiger partial charge in [-0.3, -0.25) is 4.79 Å². The zero-order chi connectivity index (χ0) is 16.7. The highest BCUT2D eigenvalue weighted by Crippen LogP contribution is 2.30. The first-order chi connectivity index (χ1) is 11.7. The Morgan fingerprint density at radius 2 is 2.42 bits per heavy atom. The number of fused-ring (bicyclic) bond motifs is 2. The summed E-state index contributed by atoms with van der Waals surface area (Å²) in [5, 5.41) is 14.0. The maximum Gasteiger partial charge on any atom is 0.230 e. The van der Waals surface area contributed by atoms with E-state index in [1.807, 2.05) is 35.9 Å². The van der Waals surface area contributed by atoms with Gasteiger partial charge in [0.05, 0.1) is 6.42 Å². The number of benzene rings is 1. The van der Waals surface area contributed by atoms with E-state index in [-0.39, 0.29) is 12.3 Å². The standard InChI is InChI=1S/C17H15N5OS/c1-10-3-2-4-12-15(10)11(9-19-12)7-14(23)20-16-13(8-18)22-5-6-24-17(22)21-16/h2-4,9,19H,5-7H2,1H3,(H,20,23). The molecule has 0 saturated heterocycles. The van der Waals surface area contributed by atoms with E-state index < -0.39 is 0 Å². The van der Waals surface area contributed by atoms with E-state index in [9.17, 15) is 10.1 Å². The molecule has 0 aliphatic carbocycles. The molecule has 0 atom stereocenters. The summed E-state index contributed by atoms with van der Waals surface area (Å²) >= 11 is 1.60. The molecule has 2 aromatic heterocycles. The van der Waals surface area contributed by atoms with Gasteiger partial charge in [0.1, 0.15) is 6.07 Å². The number of amides is 1. The number of hydrogen-bond donors (Lipinski definition) is 2. The van der Waals surface area contributed by atoms with Crippen molar-refractivity contribution in [3.8, 4) is 6.07 Å². The lowest BCUT2D eigenvalue weighted by Gasteiger charge is -2.04. The molecule has 3 aromatic rings. The first kappa shape index (κ1) is 14.8. The van der Waals surface area contributed by atoms with E-state index >= 15 is 0 Å². The van der Waals surface area contributed by atoms with Crippen LogP contribution >= 0.6 is 11.8 Å². The molecule has 2 N–H and O–H groups in total. The lowest BCUT2D eigenvalue weighted by molar-refractivity contribution is -0.115. The number of carbonyl (C=O) groups is 1. The van der Waals surface area contributed by atoms with Crippen LogP contribution in [-0.4, -0.2) is 26.2 Å². The van der Waals surface area contributed by atoms with Gasteiger partial charge >= 0.3 is 0 Å². The van der Waals surface area contributed by atoms with Crippen LogP contribution < -0.4 is 5.32 Å². The highest BCUT2D eigenvalue weighted by molar-refractivity contribution is 7.99. The van der Waals surface area contributed by atoms with Crippen molar-refractivity contribution in [3.05, 3.63) is 41.2 Å². The highest BCUT2D eigenvalue weighted by Gasteiger charge is 2.23. The predicted octanol–water partition coefficient (Wildman–Crippen LogP) is 2.83. The minimum Gasteiger partial charge on any atom is -0.361 e. The lowest BCUT2D eigenvalue weighted by Crippen LogP contribution is -2.16. The van der Waals surface area contributed by atoms with Gasteiger partial charge < -0.3 is 14.9 Å². The van der Waals surface area contributed by atoms with Crippen LogP contribution in [0.1, 0.15) is 16.8 Å². The van der Waals surface area contributed by atoms with Crippen molar-refractivity contribution in [1.82, 2.24) is 14.5 Å². The molecule has 120 valence electrons. The molecule has 1 aliphatic rings. The predicted molar refractivity (Wildman–Crippen MR) is 93.0 cm³/mol. The summed E-state index contributed by atoms with van der Waals surface area (Å²) in [6.45, 7) is 2.79. The molecule has 4 rings (SSSR count). The lowest BCUT2D eigenvalue weighted by atomic mass is 10.1. The van der Waals surface area contributed by atoms with E-state index in [1.165, 1.54) is 0 Å². The van der Waals surface area contributed by atoms with Crippen LogP contribution in [0.25, 0.3) is 10.9 Å². The summed E-state index contributed by atoms with van der Waals surface area (Å²) in [5.74, 6) is 1.11. The van der Waals surface area contributed by atoms with Gasteiger partial charge in [-0.25, -0.2) is 4.98 Å². The third-order valence-electron chi connectivity index (χ3n) is 4.19. The largest absolute Gasteiger partial charge is 0.361 e. The third-order valence-corrected chi connectivity index (χ3v) is 5.15. The first-order valence-corrected chi connectivity index (χ1v) is 8.65. The van der Waals surface area contributed by atoms with Gasteiger partial charge in [-0.1, -0.05) is 23.9 Å². The zero-order valence-electron chi connectivity index (χ0n) is 13.1. The molecule has 0 unspecified atom stereocenters. The topological polar surface area (TPSA) is 86.5 Å². The summed E-state index contributed by atoms with van der Waals surface area (Å²) in [6, 6.07) is 8.16. The molecular weight excluding hydrogens is 322 g/mol. The number of imidazole rings is 1. The van der Waals surface area contributed by atoms with Crippen LogP contribution in [0.2, 0.25) is 0 Å². The molecule has 1 aromatic carbocycles. The molecule has 1 amide bonds. The number of nitriles is 1. The molecule has 0 spiro atoms. The molecule has 0 bridgehead atoms. The fourth-order valence-electron chi connectivity index (χ4n) is 3.12. The molecule has 0 radical (unpaired) electrons. The molecule has 24 heavy (non-hydrogen) atoms. The second kappa shape index (κ2) is 5.73. The Balaban J connectivity index is 1.58. The summed E-state index contributed by atoms with van der Waals surface area (Å²) in [4.78, 5) is 20.0. The van der Waals surface area contributed by atoms with Crippen LogP contribution in [0, 0.1) is 18.3 Å². The number of thioether (sulfide) groups is 1. The summed E-state index contributed by atoms with van der Waals surface area (Å²) in [5.41, 5.74) is 3.53. The molecule has 3 heterocycles. The molecular formula is C17H15N5OS. The normalized spacial score (nSPS) is 13.0. The average molecular weight is 337 g/mol. The number of nitrogens with one attached hydrogen (secondary N) is 2. The number of rotatable bonds is 3. The number of hydrogen-bond acceptors (Lipinski definition) is 4. The Hall–Kier alpha value is -2.72. The number of H-pyrrole nitrogens is 1. The second-order valence-electron chi connectivity index (χ2n) is 5.74. The zero-order valence-corrected chi connectivity index (χ0v) is 13.9. The Labute approximate surface area is 142 Å². The fourth-order valence-corrected chi connectivity index (χ4v) is 4.07. The van der Waals surface area contributed by atoms with Crippen LogP contribution in [0.3, 0.4) is 0 Å². The second-order valence-corrected chi connectivity index (χ2v) is 6.80. The van der Waals surface area contributed by atoms with Gasteiger partial charge in [-0.05, 0) is 24.1 Å². The summed E-state index contributed by atoms with van der Waals surface area (Å²) in [7, 11) is 0. The fraction of sp³-hybridized carbons (Fsp3) is 0.235. The maximum atomic E-state index is 12.4. The van der Waals surface area contributed by atoms with Crippen molar-refractivity contribution >= 4 is 34.4 Å². The smallest absolute Gasteiger partial charge is 0.230 e. The van der Waals surface area contributed by atoms with Crippen molar-refractivity contribution in [2.45, 2.75) is 25.0 Å². The van der Waals surface area contributed by atoms with Crippen molar-refractivity contribution in [3.63, 3.8) is 0 Å². The van der Waals surface area contributed by atoms with Crippen LogP contribution in [0.15, 0.2) is 29.6 Å². The van der Waals surface area contributed by atoms with Crippen molar-refractivity contribution in [2.75, 3.05) is 11.1 Å². The number of anilines is 1. The minimum absolute atomic E-state index is 0.169. The Bertz CT molecular complexity index is 994. The van der Waals surface area contributed by atoms with Crippen molar-refractivity contribution in [1.29, 1.82) is 5.26 Å². The SMILES string of the molecule is Cc1cccc2[nH]cc(CC(=O)Nc3nc4n(c3C#N)CCS4)c12. The molecule has 6 nitrogen and oxygen atoms in total. The quantitative estimate of drug-likeness (QED) is 0.769. The third kappa shape index (κ3) is 2.36. The van der Waals surface area contributed by atoms with Gasteiger partial charge in [0.2, 0.25) is 5.91 Å². The Morgan fingerprint density at radius 1 is 1.54 bits per heavy atom. The Morgan fingerprint density at radius 3 is 3.25 bits per heavy atom. The summed E-state index contributed by atoms with van der Waals surface area (Å²) in [6.07, 6.45) is 2.11. The number of carbonyl (C=O) groups excluding carboxylic acids is 1. The average Bonchev–Trinajstić information content (AvgIpc) is 3.22.